The molecule has 0 spiro atoms. The molecule has 0 aliphatic carbocycles. The Bertz CT molecular complexity index is 386. The number of rotatable bonds is 12. The molecule has 0 unspecified atom stereocenters. The molecule has 0 aromatic rings. The average Bonchev–Trinajstić information content (AvgIpc) is 2.42. The molecule has 0 aromatic carbocycles. The maximum Gasteiger partial charge on any atom is 0.220 e. The van der Waals surface area contributed by atoms with Crippen LogP contribution in [-0.2, 0) is 14.4 Å². The maximum atomic E-state index is 12.3. The molecule has 5 nitrogen and oxygen atoms in total. The Balaban J connectivity index is 4.34. The molecule has 23 heavy (non-hydrogen) atoms. The van der Waals surface area contributed by atoms with E-state index in [1.807, 2.05) is 0 Å². The molecule has 2 amide bonds. The molecule has 0 radical (unpaired) electrons. The van der Waals surface area contributed by atoms with Crippen molar-refractivity contribution in [3.05, 3.63) is 0 Å². The third-order valence-corrected chi connectivity index (χ3v) is 3.76. The summed E-state index contributed by atoms with van der Waals surface area (Å²) in [5.74, 6) is -0.850. The standard InChI is InChI=1S/C18H34N2O3/c1-5-6-7-8-9-10-17(23)20-14(13-16(19)22)15(21)11-12-18(2,3)4/h14H,5-13H2,1-4H3,(H2,19,22)(H,20,23)/t14-/m1/s1. The molecule has 3 N–H and O–H groups in total. The minimum atomic E-state index is -0.780. The van der Waals surface area contributed by atoms with Crippen LogP contribution in [0.1, 0.15) is 85.5 Å². The lowest BCUT2D eigenvalue weighted by Gasteiger charge is -2.20. The number of nitrogens with one attached hydrogen (secondary N) is 1. The largest absolute Gasteiger partial charge is 0.370 e. The zero-order valence-electron chi connectivity index (χ0n) is 15.2. The number of amides is 2. The van der Waals surface area contributed by atoms with Crippen LogP contribution in [0.25, 0.3) is 0 Å². The second kappa shape index (κ2) is 11.2. The quantitative estimate of drug-likeness (QED) is 0.540. The summed E-state index contributed by atoms with van der Waals surface area (Å²) in [4.78, 5) is 35.4. The van der Waals surface area contributed by atoms with Crippen molar-refractivity contribution in [1.29, 1.82) is 0 Å². The summed E-state index contributed by atoms with van der Waals surface area (Å²) in [6.45, 7) is 8.30. The molecule has 5 heteroatoms. The highest BCUT2D eigenvalue weighted by Crippen LogP contribution is 2.21. The van der Waals surface area contributed by atoms with E-state index in [-0.39, 0.29) is 23.5 Å². The number of carbonyl (C=O) groups excluding carboxylic acids is 3. The summed E-state index contributed by atoms with van der Waals surface area (Å²) < 4.78 is 0. The molecule has 0 heterocycles. The van der Waals surface area contributed by atoms with Crippen LogP contribution >= 0.6 is 0 Å². The zero-order chi connectivity index (χ0) is 17.9. The molecule has 0 saturated heterocycles. The van der Waals surface area contributed by atoms with E-state index < -0.39 is 11.9 Å². The fourth-order valence-electron chi connectivity index (χ4n) is 2.27. The molecule has 0 fully saturated rings. The lowest BCUT2D eigenvalue weighted by Crippen LogP contribution is -2.43. The van der Waals surface area contributed by atoms with Crippen molar-refractivity contribution in [2.75, 3.05) is 0 Å². The van der Waals surface area contributed by atoms with Crippen LogP contribution in [-0.4, -0.2) is 23.6 Å². The lowest BCUT2D eigenvalue weighted by atomic mass is 9.88. The highest BCUT2D eigenvalue weighted by Gasteiger charge is 2.24. The Morgan fingerprint density at radius 3 is 2.13 bits per heavy atom. The van der Waals surface area contributed by atoms with Gasteiger partial charge in [0.1, 0.15) is 0 Å². The van der Waals surface area contributed by atoms with Crippen LogP contribution in [0.2, 0.25) is 0 Å². The van der Waals surface area contributed by atoms with Gasteiger partial charge in [0.2, 0.25) is 11.8 Å². The van der Waals surface area contributed by atoms with Gasteiger partial charge < -0.3 is 11.1 Å². The molecule has 0 bridgehead atoms. The van der Waals surface area contributed by atoms with Gasteiger partial charge in [-0.15, -0.1) is 0 Å². The van der Waals surface area contributed by atoms with Crippen molar-refractivity contribution in [3.8, 4) is 0 Å². The number of Topliss-reactive ketones (excluding diaryl/α,β-unsaturated/α-hetero) is 1. The van der Waals surface area contributed by atoms with E-state index in [0.717, 1.165) is 25.7 Å². The van der Waals surface area contributed by atoms with Gasteiger partial charge in [-0.2, -0.15) is 0 Å². The number of nitrogens with two attached hydrogens (primary N) is 1. The van der Waals surface area contributed by atoms with Crippen LogP contribution in [0.15, 0.2) is 0 Å². The second-order valence-corrected chi connectivity index (χ2v) is 7.48. The molecule has 0 saturated carbocycles. The number of ketones is 1. The van der Waals surface area contributed by atoms with E-state index in [1.165, 1.54) is 6.42 Å². The smallest absolute Gasteiger partial charge is 0.220 e. The third kappa shape index (κ3) is 12.8. The SMILES string of the molecule is CCCCCCCC(=O)N[C@H](CC(N)=O)C(=O)CCC(C)(C)C. The fourth-order valence-corrected chi connectivity index (χ4v) is 2.27. The van der Waals surface area contributed by atoms with E-state index >= 15 is 0 Å². The van der Waals surface area contributed by atoms with Gasteiger partial charge in [-0.1, -0.05) is 53.4 Å². The molecule has 0 rings (SSSR count). The number of carbonyl (C=O) groups is 3. The predicted molar refractivity (Wildman–Crippen MR) is 92.8 cm³/mol. The van der Waals surface area contributed by atoms with Gasteiger partial charge in [-0.05, 0) is 18.3 Å². The highest BCUT2D eigenvalue weighted by atomic mass is 16.2. The Morgan fingerprint density at radius 2 is 1.61 bits per heavy atom. The fraction of sp³-hybridized carbons (Fsp3) is 0.833. The number of primary amides is 1. The molecular weight excluding hydrogens is 292 g/mol. The van der Waals surface area contributed by atoms with Crippen LogP contribution in [0.4, 0.5) is 0 Å². The maximum absolute atomic E-state index is 12.3. The number of hydrogen-bond acceptors (Lipinski definition) is 3. The Kier molecular flexibility index (Phi) is 10.5. The monoisotopic (exact) mass is 326 g/mol. The van der Waals surface area contributed by atoms with Crippen LogP contribution in [0.5, 0.6) is 0 Å². The molecule has 1 atom stereocenters. The number of hydrogen-bond donors (Lipinski definition) is 2. The topological polar surface area (TPSA) is 89.3 Å². The van der Waals surface area contributed by atoms with E-state index in [9.17, 15) is 14.4 Å². The molecule has 0 aliphatic heterocycles. The molecular formula is C18H34N2O3. The van der Waals surface area contributed by atoms with Crippen molar-refractivity contribution in [2.45, 2.75) is 91.5 Å². The summed E-state index contributed by atoms with van der Waals surface area (Å²) >= 11 is 0. The molecule has 134 valence electrons. The Labute approximate surface area is 140 Å². The van der Waals surface area contributed by atoms with E-state index in [1.54, 1.807) is 0 Å². The van der Waals surface area contributed by atoms with Crippen molar-refractivity contribution in [2.24, 2.45) is 11.1 Å². The van der Waals surface area contributed by atoms with E-state index in [4.69, 9.17) is 5.73 Å². The van der Waals surface area contributed by atoms with E-state index in [0.29, 0.717) is 19.3 Å². The van der Waals surface area contributed by atoms with Crippen molar-refractivity contribution < 1.29 is 14.4 Å². The first-order valence-electron chi connectivity index (χ1n) is 8.76. The first kappa shape index (κ1) is 21.6. The predicted octanol–water partition coefficient (Wildman–Crippen LogP) is 3.10. The summed E-state index contributed by atoms with van der Waals surface area (Å²) in [7, 11) is 0. The van der Waals surface area contributed by atoms with Gasteiger partial charge >= 0.3 is 0 Å². The van der Waals surface area contributed by atoms with Crippen LogP contribution in [0.3, 0.4) is 0 Å². The highest BCUT2D eigenvalue weighted by molar-refractivity contribution is 5.92. The van der Waals surface area contributed by atoms with Crippen molar-refractivity contribution in [3.63, 3.8) is 0 Å². The first-order valence-corrected chi connectivity index (χ1v) is 8.76. The summed E-state index contributed by atoms with van der Waals surface area (Å²) in [6.07, 6.45) is 6.62. The van der Waals surface area contributed by atoms with Gasteiger partial charge in [-0.3, -0.25) is 14.4 Å². The minimum absolute atomic E-state index is 0.0379. The summed E-state index contributed by atoms with van der Waals surface area (Å²) in [5.41, 5.74) is 5.24. The van der Waals surface area contributed by atoms with Gasteiger partial charge in [0.25, 0.3) is 0 Å². The third-order valence-electron chi connectivity index (χ3n) is 3.76. The summed E-state index contributed by atoms with van der Waals surface area (Å²) in [6, 6.07) is -0.780. The molecule has 0 aromatic heterocycles. The normalized spacial score (nSPS) is 12.7. The van der Waals surface area contributed by atoms with E-state index in [2.05, 4.69) is 33.0 Å². The van der Waals surface area contributed by atoms with Crippen LogP contribution < -0.4 is 11.1 Å². The van der Waals surface area contributed by atoms with Gasteiger partial charge in [0, 0.05) is 12.8 Å². The van der Waals surface area contributed by atoms with Crippen molar-refractivity contribution >= 4 is 17.6 Å². The first-order chi connectivity index (χ1) is 10.7. The van der Waals surface area contributed by atoms with Gasteiger partial charge in [-0.25, -0.2) is 0 Å². The van der Waals surface area contributed by atoms with Gasteiger partial charge in [0.05, 0.1) is 12.5 Å². The Morgan fingerprint density at radius 1 is 1.00 bits per heavy atom. The average molecular weight is 326 g/mol. The molecule has 0 aliphatic rings. The minimum Gasteiger partial charge on any atom is -0.370 e. The number of unbranched alkanes of at least 4 members (excludes halogenated alkanes) is 4. The summed E-state index contributed by atoms with van der Waals surface area (Å²) in [5, 5.41) is 2.69. The second-order valence-electron chi connectivity index (χ2n) is 7.48. The van der Waals surface area contributed by atoms with Crippen molar-refractivity contribution in [1.82, 2.24) is 5.32 Å². The van der Waals surface area contributed by atoms with Gasteiger partial charge in [0.15, 0.2) is 5.78 Å². The lowest BCUT2D eigenvalue weighted by molar-refractivity contribution is -0.130. The van der Waals surface area contributed by atoms with Crippen LogP contribution in [0, 0.1) is 5.41 Å². The Hall–Kier alpha value is -1.39. The zero-order valence-corrected chi connectivity index (χ0v) is 15.2.